The summed E-state index contributed by atoms with van der Waals surface area (Å²) in [7, 11) is 1.51. The highest BCUT2D eigenvalue weighted by atomic mass is 35.5. The zero-order valence-electron chi connectivity index (χ0n) is 16.0. The summed E-state index contributed by atoms with van der Waals surface area (Å²) in [6.07, 6.45) is -0.233. The van der Waals surface area contributed by atoms with Crippen molar-refractivity contribution in [3.63, 3.8) is 0 Å². The summed E-state index contributed by atoms with van der Waals surface area (Å²) in [6, 6.07) is 11.9. The van der Waals surface area contributed by atoms with Crippen LogP contribution in [-0.4, -0.2) is 31.6 Å². The van der Waals surface area contributed by atoms with Crippen molar-refractivity contribution in [2.24, 2.45) is 0 Å². The maximum Gasteiger partial charge on any atom is 0.279 e. The van der Waals surface area contributed by atoms with Gasteiger partial charge in [-0.25, -0.2) is 0 Å². The molecular weight excluding hydrogens is 419 g/mol. The van der Waals surface area contributed by atoms with Crippen molar-refractivity contribution in [2.45, 2.75) is 25.9 Å². The Morgan fingerprint density at radius 3 is 2.45 bits per heavy atom. The first-order valence-electron chi connectivity index (χ1n) is 8.87. The fraction of sp³-hybridized carbons (Fsp3) is 0.300. The Labute approximate surface area is 179 Å². The van der Waals surface area contributed by atoms with Gasteiger partial charge in [0.25, 0.3) is 5.91 Å². The summed E-state index contributed by atoms with van der Waals surface area (Å²) in [6.45, 7) is 1.85. The number of carbonyl (C=O) groups is 2. The number of hydrogen-bond donors (Lipinski definition) is 2. The van der Waals surface area contributed by atoms with E-state index in [0.29, 0.717) is 33.7 Å². The van der Waals surface area contributed by atoms with E-state index >= 15 is 0 Å². The number of amides is 2. The van der Waals surface area contributed by atoms with Gasteiger partial charge in [-0.3, -0.25) is 20.4 Å². The van der Waals surface area contributed by atoms with E-state index in [1.807, 2.05) is 0 Å². The minimum Gasteiger partial charge on any atom is -0.493 e. The molecule has 0 aliphatic heterocycles. The summed E-state index contributed by atoms with van der Waals surface area (Å²) < 4.78 is 16.2. The molecule has 7 nitrogen and oxygen atoms in total. The third-order valence-corrected chi connectivity index (χ3v) is 4.30. The van der Waals surface area contributed by atoms with Crippen molar-refractivity contribution in [3.8, 4) is 17.2 Å². The third kappa shape index (κ3) is 7.36. The van der Waals surface area contributed by atoms with Crippen LogP contribution in [0.4, 0.5) is 0 Å². The van der Waals surface area contributed by atoms with E-state index in [1.54, 1.807) is 49.4 Å². The minimum atomic E-state index is -0.832. The van der Waals surface area contributed by atoms with E-state index in [1.165, 1.54) is 7.11 Å². The third-order valence-electron chi connectivity index (χ3n) is 3.77. The Balaban J connectivity index is 1.68. The van der Waals surface area contributed by atoms with Crippen LogP contribution < -0.4 is 25.1 Å². The van der Waals surface area contributed by atoms with Crippen LogP contribution in [-0.2, 0) is 9.59 Å². The van der Waals surface area contributed by atoms with Crippen molar-refractivity contribution in [2.75, 3.05) is 13.7 Å². The van der Waals surface area contributed by atoms with Crippen LogP contribution in [0.25, 0.3) is 0 Å². The molecule has 29 heavy (non-hydrogen) atoms. The maximum atomic E-state index is 12.1. The standard InChI is InChI=1S/C20H22Cl2N2O5/c1-13(29-18-7-4-3-6-17(18)27-2)20(26)24-23-19(25)8-5-11-28-16-10-9-14(21)12-15(16)22/h3-4,6-7,9-10,12-13H,5,8,11H2,1-2H3,(H,23,25)(H,24,26). The van der Waals surface area contributed by atoms with Gasteiger partial charge in [0, 0.05) is 11.4 Å². The monoisotopic (exact) mass is 440 g/mol. The van der Waals surface area contributed by atoms with Crippen LogP contribution in [0.3, 0.4) is 0 Å². The molecule has 1 atom stereocenters. The molecule has 0 radical (unpaired) electrons. The van der Waals surface area contributed by atoms with Crippen molar-refractivity contribution in [3.05, 3.63) is 52.5 Å². The van der Waals surface area contributed by atoms with Crippen molar-refractivity contribution >= 4 is 35.0 Å². The van der Waals surface area contributed by atoms with E-state index in [2.05, 4.69) is 10.9 Å². The summed E-state index contributed by atoms with van der Waals surface area (Å²) >= 11 is 11.8. The van der Waals surface area contributed by atoms with Gasteiger partial charge in [-0.15, -0.1) is 0 Å². The number of para-hydroxylation sites is 2. The second kappa shape index (κ2) is 11.4. The van der Waals surface area contributed by atoms with Gasteiger partial charge in [-0.2, -0.15) is 0 Å². The smallest absolute Gasteiger partial charge is 0.279 e. The van der Waals surface area contributed by atoms with Crippen molar-refractivity contribution in [1.82, 2.24) is 10.9 Å². The van der Waals surface area contributed by atoms with Gasteiger partial charge >= 0.3 is 0 Å². The lowest BCUT2D eigenvalue weighted by atomic mass is 10.3. The molecule has 156 valence electrons. The minimum absolute atomic E-state index is 0.160. The first-order valence-corrected chi connectivity index (χ1v) is 9.62. The summed E-state index contributed by atoms with van der Waals surface area (Å²) in [5.41, 5.74) is 4.68. The normalized spacial score (nSPS) is 11.3. The Bertz CT molecular complexity index is 847. The topological polar surface area (TPSA) is 85.9 Å². The van der Waals surface area contributed by atoms with Crippen LogP contribution in [0.1, 0.15) is 19.8 Å². The van der Waals surface area contributed by atoms with Gasteiger partial charge in [0.05, 0.1) is 18.7 Å². The fourth-order valence-corrected chi connectivity index (χ4v) is 2.73. The number of methoxy groups -OCH3 is 1. The average molecular weight is 441 g/mol. The molecule has 0 aliphatic carbocycles. The maximum absolute atomic E-state index is 12.1. The van der Waals surface area contributed by atoms with E-state index < -0.39 is 12.0 Å². The molecule has 0 spiro atoms. The molecular formula is C20H22Cl2N2O5. The van der Waals surface area contributed by atoms with Crippen molar-refractivity contribution in [1.29, 1.82) is 0 Å². The lowest BCUT2D eigenvalue weighted by Gasteiger charge is -2.16. The van der Waals surface area contributed by atoms with Crippen LogP contribution in [0.2, 0.25) is 10.0 Å². The highest BCUT2D eigenvalue weighted by Crippen LogP contribution is 2.28. The summed E-state index contributed by atoms with van der Waals surface area (Å²) in [5, 5.41) is 0.916. The molecule has 0 aliphatic rings. The Hall–Kier alpha value is -2.64. The Kier molecular flexibility index (Phi) is 8.89. The largest absolute Gasteiger partial charge is 0.493 e. The number of benzene rings is 2. The van der Waals surface area contributed by atoms with E-state index in [0.717, 1.165) is 0 Å². The van der Waals surface area contributed by atoms with Gasteiger partial charge < -0.3 is 14.2 Å². The van der Waals surface area contributed by atoms with Gasteiger partial charge in [0.1, 0.15) is 5.75 Å². The van der Waals surface area contributed by atoms with Gasteiger partial charge in [-0.05, 0) is 43.7 Å². The average Bonchev–Trinajstić information content (AvgIpc) is 2.71. The molecule has 0 saturated carbocycles. The molecule has 0 aromatic heterocycles. The molecule has 0 saturated heterocycles. The van der Waals surface area contributed by atoms with Gasteiger partial charge in [0.2, 0.25) is 5.91 Å². The second-order valence-corrected chi connectivity index (χ2v) is 6.82. The van der Waals surface area contributed by atoms with Crippen LogP contribution in [0.15, 0.2) is 42.5 Å². The number of ether oxygens (including phenoxy) is 3. The Morgan fingerprint density at radius 2 is 1.76 bits per heavy atom. The van der Waals surface area contributed by atoms with Gasteiger partial charge in [0.15, 0.2) is 17.6 Å². The predicted molar refractivity (Wildman–Crippen MR) is 111 cm³/mol. The summed E-state index contributed by atoms with van der Waals surface area (Å²) in [5.74, 6) is 0.591. The molecule has 2 aromatic rings. The zero-order chi connectivity index (χ0) is 21.2. The van der Waals surface area contributed by atoms with E-state index in [4.69, 9.17) is 37.4 Å². The molecule has 2 N–H and O–H groups in total. The molecule has 2 amide bonds. The Morgan fingerprint density at radius 1 is 1.03 bits per heavy atom. The highest BCUT2D eigenvalue weighted by molar-refractivity contribution is 6.35. The zero-order valence-corrected chi connectivity index (χ0v) is 17.5. The van der Waals surface area contributed by atoms with E-state index in [-0.39, 0.29) is 18.9 Å². The number of carbonyl (C=O) groups excluding carboxylic acids is 2. The second-order valence-electron chi connectivity index (χ2n) is 5.98. The molecule has 2 rings (SSSR count). The number of rotatable bonds is 9. The van der Waals surface area contributed by atoms with Crippen LogP contribution in [0.5, 0.6) is 17.2 Å². The molecule has 2 aromatic carbocycles. The molecule has 9 heteroatoms. The van der Waals surface area contributed by atoms with E-state index in [9.17, 15) is 9.59 Å². The first kappa shape index (κ1) is 22.6. The molecule has 0 bridgehead atoms. The fourth-order valence-electron chi connectivity index (χ4n) is 2.26. The number of halogens is 2. The lowest BCUT2D eigenvalue weighted by molar-refractivity contribution is -0.132. The molecule has 0 fully saturated rings. The molecule has 0 heterocycles. The molecule has 1 unspecified atom stereocenters. The lowest BCUT2D eigenvalue weighted by Crippen LogP contribution is -2.47. The van der Waals surface area contributed by atoms with Gasteiger partial charge in [-0.1, -0.05) is 35.3 Å². The number of hydrogen-bond acceptors (Lipinski definition) is 5. The van der Waals surface area contributed by atoms with Crippen LogP contribution >= 0.6 is 23.2 Å². The first-order chi connectivity index (χ1) is 13.9. The van der Waals surface area contributed by atoms with Crippen LogP contribution in [0, 0.1) is 0 Å². The predicted octanol–water partition coefficient (Wildman–Crippen LogP) is 3.78. The van der Waals surface area contributed by atoms with Crippen molar-refractivity contribution < 1.29 is 23.8 Å². The highest BCUT2D eigenvalue weighted by Gasteiger charge is 2.17. The quantitative estimate of drug-likeness (QED) is 0.457. The summed E-state index contributed by atoms with van der Waals surface area (Å²) in [4.78, 5) is 24.0. The number of nitrogens with one attached hydrogen (secondary N) is 2. The number of hydrazine groups is 1. The SMILES string of the molecule is COc1ccccc1OC(C)C(=O)NNC(=O)CCCOc1ccc(Cl)cc1Cl.